The molecule has 0 amide bonds. The highest BCUT2D eigenvalue weighted by Crippen LogP contribution is 2.18. The maximum absolute atomic E-state index is 10.2. The van der Waals surface area contributed by atoms with Crippen molar-refractivity contribution >= 4 is 0 Å². The summed E-state index contributed by atoms with van der Waals surface area (Å²) in [6.07, 6.45) is 2.53. The van der Waals surface area contributed by atoms with E-state index in [1.54, 1.807) is 0 Å². The zero-order valence-electron chi connectivity index (χ0n) is 10.7. The number of hydrogen-bond donors (Lipinski definition) is 1. The number of nitrogens with zero attached hydrogens (tertiary/aromatic N) is 2. The lowest BCUT2D eigenvalue weighted by molar-refractivity contribution is 0.0740. The summed E-state index contributed by atoms with van der Waals surface area (Å²) in [5.41, 5.74) is 2.32. The molecular formula is C13H22N2O2. The zero-order chi connectivity index (χ0) is 12.3. The Hall–Kier alpha value is -0.870. The van der Waals surface area contributed by atoms with E-state index in [9.17, 15) is 5.11 Å². The average molecular weight is 238 g/mol. The molecule has 0 spiro atoms. The van der Waals surface area contributed by atoms with Crippen molar-refractivity contribution in [3.8, 4) is 0 Å². The van der Waals surface area contributed by atoms with Gasteiger partial charge in [-0.1, -0.05) is 13.8 Å². The fourth-order valence-electron chi connectivity index (χ4n) is 2.31. The second kappa shape index (κ2) is 5.65. The molecule has 0 radical (unpaired) electrons. The number of aromatic nitrogens is 2. The van der Waals surface area contributed by atoms with Crippen LogP contribution >= 0.6 is 0 Å². The molecule has 0 bridgehead atoms. The Labute approximate surface area is 103 Å². The average Bonchev–Trinajstić information content (AvgIpc) is 2.97. The fraction of sp³-hybridized carbons (Fsp3) is 0.769. The van der Waals surface area contributed by atoms with Crippen LogP contribution in [0, 0.1) is 5.92 Å². The van der Waals surface area contributed by atoms with E-state index in [4.69, 9.17) is 4.74 Å². The van der Waals surface area contributed by atoms with Crippen molar-refractivity contribution in [3.05, 3.63) is 17.5 Å². The highest BCUT2D eigenvalue weighted by Gasteiger charge is 2.25. The van der Waals surface area contributed by atoms with Crippen molar-refractivity contribution in [1.29, 1.82) is 0 Å². The van der Waals surface area contributed by atoms with Crippen LogP contribution in [0.2, 0.25) is 0 Å². The molecular weight excluding hydrogens is 216 g/mol. The minimum atomic E-state index is -0.340. The van der Waals surface area contributed by atoms with Crippen molar-refractivity contribution < 1.29 is 9.84 Å². The molecule has 0 saturated carbocycles. The van der Waals surface area contributed by atoms with Crippen molar-refractivity contribution in [2.24, 2.45) is 5.92 Å². The summed E-state index contributed by atoms with van der Waals surface area (Å²) in [6, 6.07) is 2.14. The molecule has 1 saturated heterocycles. The molecule has 2 rings (SSSR count). The molecule has 1 N–H and O–H groups in total. The molecule has 17 heavy (non-hydrogen) atoms. The minimum Gasteiger partial charge on any atom is -0.391 e. The van der Waals surface area contributed by atoms with Gasteiger partial charge in [-0.2, -0.15) is 5.10 Å². The summed E-state index contributed by atoms with van der Waals surface area (Å²) in [5.74, 6) is 0.272. The van der Waals surface area contributed by atoms with Crippen LogP contribution in [0.1, 0.15) is 31.7 Å². The highest BCUT2D eigenvalue weighted by molar-refractivity contribution is 5.10. The quantitative estimate of drug-likeness (QED) is 0.843. The first-order valence-corrected chi connectivity index (χ1v) is 6.56. The third kappa shape index (κ3) is 2.87. The highest BCUT2D eigenvalue weighted by atomic mass is 16.5. The third-order valence-corrected chi connectivity index (χ3v) is 3.51. The zero-order valence-corrected chi connectivity index (χ0v) is 10.7. The summed E-state index contributed by atoms with van der Waals surface area (Å²) < 4.78 is 7.27. The molecule has 1 aliphatic heterocycles. The summed E-state index contributed by atoms with van der Waals surface area (Å²) in [5, 5.41) is 14.7. The van der Waals surface area contributed by atoms with Gasteiger partial charge in [-0.3, -0.25) is 4.68 Å². The SMILES string of the molecule is CCc1cc(CC)n(CC(O)C2CCOC2)n1. The van der Waals surface area contributed by atoms with Gasteiger partial charge in [0.2, 0.25) is 0 Å². The summed E-state index contributed by atoms with van der Waals surface area (Å²) in [7, 11) is 0. The largest absolute Gasteiger partial charge is 0.391 e. The molecule has 1 aromatic heterocycles. The minimum absolute atomic E-state index is 0.272. The van der Waals surface area contributed by atoms with E-state index in [0.29, 0.717) is 13.2 Å². The van der Waals surface area contributed by atoms with Crippen LogP contribution < -0.4 is 0 Å². The van der Waals surface area contributed by atoms with Crippen molar-refractivity contribution in [2.45, 2.75) is 45.8 Å². The summed E-state index contributed by atoms with van der Waals surface area (Å²) in [4.78, 5) is 0. The van der Waals surface area contributed by atoms with Gasteiger partial charge in [0.05, 0.1) is 24.9 Å². The van der Waals surface area contributed by atoms with Crippen LogP contribution in [0.15, 0.2) is 6.07 Å². The number of aliphatic hydroxyl groups is 1. The standard InChI is InChI=1S/C13H22N2O2/c1-3-11-7-12(4-2)15(14-11)8-13(16)10-5-6-17-9-10/h7,10,13,16H,3-6,8-9H2,1-2H3. The van der Waals surface area contributed by atoms with E-state index in [1.165, 1.54) is 5.69 Å². The van der Waals surface area contributed by atoms with Gasteiger partial charge in [-0.25, -0.2) is 0 Å². The van der Waals surface area contributed by atoms with Crippen molar-refractivity contribution in [1.82, 2.24) is 9.78 Å². The predicted octanol–water partition coefficient (Wildman–Crippen LogP) is 1.41. The number of aliphatic hydroxyl groups excluding tert-OH is 1. The predicted molar refractivity (Wildman–Crippen MR) is 65.9 cm³/mol. The van der Waals surface area contributed by atoms with E-state index in [-0.39, 0.29) is 12.0 Å². The van der Waals surface area contributed by atoms with Gasteiger partial charge in [0.1, 0.15) is 0 Å². The van der Waals surface area contributed by atoms with Crippen LogP contribution in [0.5, 0.6) is 0 Å². The van der Waals surface area contributed by atoms with Gasteiger partial charge in [-0.15, -0.1) is 0 Å². The molecule has 2 atom stereocenters. The van der Waals surface area contributed by atoms with Crippen LogP contribution in [0.3, 0.4) is 0 Å². The van der Waals surface area contributed by atoms with Crippen LogP contribution in [-0.2, 0) is 24.1 Å². The molecule has 2 heterocycles. The summed E-state index contributed by atoms with van der Waals surface area (Å²) >= 11 is 0. The third-order valence-electron chi connectivity index (χ3n) is 3.51. The topological polar surface area (TPSA) is 47.3 Å². The molecule has 4 nitrogen and oxygen atoms in total. The molecule has 1 aromatic rings. The van der Waals surface area contributed by atoms with E-state index in [0.717, 1.165) is 31.6 Å². The monoisotopic (exact) mass is 238 g/mol. The van der Waals surface area contributed by atoms with Crippen LogP contribution in [0.25, 0.3) is 0 Å². The first-order valence-electron chi connectivity index (χ1n) is 6.56. The number of aryl methyl sites for hydroxylation is 2. The Morgan fingerprint density at radius 2 is 2.35 bits per heavy atom. The van der Waals surface area contributed by atoms with Gasteiger partial charge >= 0.3 is 0 Å². The first-order chi connectivity index (χ1) is 8.24. The maximum atomic E-state index is 10.2. The van der Waals surface area contributed by atoms with E-state index in [1.807, 2.05) is 4.68 Å². The molecule has 96 valence electrons. The van der Waals surface area contributed by atoms with Gasteiger partial charge in [0.15, 0.2) is 0 Å². The normalized spacial score (nSPS) is 21.9. The van der Waals surface area contributed by atoms with E-state index >= 15 is 0 Å². The Morgan fingerprint density at radius 1 is 1.53 bits per heavy atom. The van der Waals surface area contributed by atoms with Crippen LogP contribution in [-0.4, -0.2) is 34.2 Å². The van der Waals surface area contributed by atoms with E-state index < -0.39 is 0 Å². The Morgan fingerprint density at radius 3 is 2.94 bits per heavy atom. The van der Waals surface area contributed by atoms with Gasteiger partial charge in [0, 0.05) is 18.2 Å². The Bertz CT molecular complexity index is 356. The lowest BCUT2D eigenvalue weighted by atomic mass is 10.0. The number of hydrogen-bond acceptors (Lipinski definition) is 3. The first kappa shape index (κ1) is 12.6. The molecule has 2 unspecified atom stereocenters. The van der Waals surface area contributed by atoms with E-state index in [2.05, 4.69) is 25.0 Å². The molecule has 4 heteroatoms. The van der Waals surface area contributed by atoms with Gasteiger partial charge < -0.3 is 9.84 Å². The van der Waals surface area contributed by atoms with Crippen molar-refractivity contribution in [3.63, 3.8) is 0 Å². The van der Waals surface area contributed by atoms with Crippen LogP contribution in [0.4, 0.5) is 0 Å². The summed E-state index contributed by atoms with van der Waals surface area (Å²) in [6.45, 7) is 6.29. The fourth-order valence-corrected chi connectivity index (χ4v) is 2.31. The number of rotatable bonds is 5. The molecule has 0 aliphatic carbocycles. The smallest absolute Gasteiger partial charge is 0.0787 e. The van der Waals surface area contributed by atoms with Crippen molar-refractivity contribution in [2.75, 3.05) is 13.2 Å². The Kier molecular flexibility index (Phi) is 4.18. The second-order valence-corrected chi connectivity index (χ2v) is 4.71. The second-order valence-electron chi connectivity index (χ2n) is 4.71. The number of ether oxygens (including phenoxy) is 1. The molecule has 1 aliphatic rings. The lowest BCUT2D eigenvalue weighted by Crippen LogP contribution is -2.27. The Balaban J connectivity index is 2.03. The lowest BCUT2D eigenvalue weighted by Gasteiger charge is -2.17. The maximum Gasteiger partial charge on any atom is 0.0787 e. The van der Waals surface area contributed by atoms with Gasteiger partial charge in [0.25, 0.3) is 0 Å². The molecule has 0 aromatic carbocycles. The van der Waals surface area contributed by atoms with Gasteiger partial charge in [-0.05, 0) is 25.3 Å². The molecule has 1 fully saturated rings.